The van der Waals surface area contributed by atoms with E-state index < -0.39 is 23.6 Å². The first-order valence-electron chi connectivity index (χ1n) is 11.5. The van der Waals surface area contributed by atoms with Crippen molar-refractivity contribution < 1.29 is 27.6 Å². The Morgan fingerprint density at radius 2 is 1.76 bits per heavy atom. The summed E-state index contributed by atoms with van der Waals surface area (Å²) in [6.45, 7) is 4.09. The number of aromatic nitrogens is 1. The van der Waals surface area contributed by atoms with Gasteiger partial charge in [-0.25, -0.2) is 4.98 Å². The Morgan fingerprint density at radius 3 is 2.43 bits per heavy atom. The molecule has 0 aliphatic rings. The zero-order valence-corrected chi connectivity index (χ0v) is 21.2. The van der Waals surface area contributed by atoms with Crippen molar-refractivity contribution in [3.8, 4) is 0 Å². The third kappa shape index (κ3) is 8.71. The van der Waals surface area contributed by atoms with Crippen molar-refractivity contribution in [3.05, 3.63) is 82.4 Å². The lowest BCUT2D eigenvalue weighted by atomic mass is 10.1. The number of rotatable bonds is 10. The van der Waals surface area contributed by atoms with Gasteiger partial charge in [0, 0.05) is 24.0 Å². The first-order valence-corrected chi connectivity index (χ1v) is 12.4. The number of anilines is 1. The normalized spacial score (nSPS) is 11.3. The number of carbonyl (C=O) groups is 3. The van der Waals surface area contributed by atoms with Crippen molar-refractivity contribution in [2.24, 2.45) is 5.92 Å². The van der Waals surface area contributed by atoms with Crippen LogP contribution in [0.4, 0.5) is 18.3 Å². The van der Waals surface area contributed by atoms with Crippen LogP contribution in [0.5, 0.6) is 0 Å². The van der Waals surface area contributed by atoms with Gasteiger partial charge in [0.1, 0.15) is 6.54 Å². The Bertz CT molecular complexity index is 1230. The van der Waals surface area contributed by atoms with Crippen molar-refractivity contribution in [1.29, 1.82) is 0 Å². The fourth-order valence-corrected chi connectivity index (χ4v) is 4.21. The van der Waals surface area contributed by atoms with Crippen LogP contribution in [0.3, 0.4) is 0 Å². The summed E-state index contributed by atoms with van der Waals surface area (Å²) < 4.78 is 38.5. The van der Waals surface area contributed by atoms with E-state index in [1.165, 1.54) is 17.0 Å². The van der Waals surface area contributed by atoms with Crippen LogP contribution in [0.25, 0.3) is 0 Å². The molecule has 1 aromatic heterocycles. The lowest BCUT2D eigenvalue weighted by Crippen LogP contribution is -2.40. The molecule has 0 fully saturated rings. The summed E-state index contributed by atoms with van der Waals surface area (Å²) in [7, 11) is 0. The molecule has 3 amide bonds. The van der Waals surface area contributed by atoms with Crippen LogP contribution in [0.1, 0.15) is 41.0 Å². The summed E-state index contributed by atoms with van der Waals surface area (Å²) in [5, 5.41) is 7.13. The number of hydrogen-bond donors (Lipinski definition) is 2. The Hall–Kier alpha value is -3.73. The first kappa shape index (κ1) is 27.9. The average molecular weight is 533 g/mol. The second-order valence-electron chi connectivity index (χ2n) is 8.79. The van der Waals surface area contributed by atoms with Gasteiger partial charge in [-0.05, 0) is 35.7 Å². The molecule has 196 valence electrons. The molecule has 1 heterocycles. The van der Waals surface area contributed by atoms with Gasteiger partial charge < -0.3 is 15.5 Å². The average Bonchev–Trinajstić information content (AvgIpc) is 3.28. The molecule has 37 heavy (non-hydrogen) atoms. The molecule has 0 bridgehead atoms. The van der Waals surface area contributed by atoms with Gasteiger partial charge in [0.15, 0.2) is 5.13 Å². The number of hydrogen-bond acceptors (Lipinski definition) is 5. The highest BCUT2D eigenvalue weighted by molar-refractivity contribution is 7.13. The molecule has 0 saturated carbocycles. The third-order valence-electron chi connectivity index (χ3n) is 5.11. The third-order valence-corrected chi connectivity index (χ3v) is 5.92. The highest BCUT2D eigenvalue weighted by atomic mass is 32.1. The van der Waals surface area contributed by atoms with Crippen LogP contribution in [-0.2, 0) is 28.7 Å². The van der Waals surface area contributed by atoms with Gasteiger partial charge in [-0.15, -0.1) is 11.3 Å². The Balaban J connectivity index is 1.53. The van der Waals surface area contributed by atoms with E-state index in [9.17, 15) is 27.6 Å². The maximum absolute atomic E-state index is 12.9. The van der Waals surface area contributed by atoms with Crippen molar-refractivity contribution in [2.75, 3.05) is 18.4 Å². The predicted octanol–water partition coefficient (Wildman–Crippen LogP) is 4.76. The van der Waals surface area contributed by atoms with Crippen LogP contribution in [-0.4, -0.2) is 40.7 Å². The van der Waals surface area contributed by atoms with E-state index in [2.05, 4.69) is 15.6 Å². The Morgan fingerprint density at radius 1 is 1.03 bits per heavy atom. The SMILES string of the molecule is CC(C)CN(CC(=O)Nc1nc(CC(=O)NCc2cccc(C(F)(F)F)c2)cs1)C(=O)c1ccccc1. The molecular weight excluding hydrogens is 505 g/mol. The van der Waals surface area contributed by atoms with E-state index in [1.54, 1.807) is 29.6 Å². The van der Waals surface area contributed by atoms with Crippen LogP contribution < -0.4 is 10.6 Å². The highest BCUT2D eigenvalue weighted by Gasteiger charge is 2.30. The highest BCUT2D eigenvalue weighted by Crippen LogP contribution is 2.29. The van der Waals surface area contributed by atoms with Gasteiger partial charge in [-0.3, -0.25) is 14.4 Å². The van der Waals surface area contributed by atoms with Crippen LogP contribution in [0, 0.1) is 5.92 Å². The van der Waals surface area contributed by atoms with Crippen LogP contribution in [0.15, 0.2) is 60.0 Å². The van der Waals surface area contributed by atoms with Crippen LogP contribution >= 0.6 is 11.3 Å². The molecule has 0 aliphatic carbocycles. The summed E-state index contributed by atoms with van der Waals surface area (Å²) in [5.41, 5.74) is 0.437. The molecule has 0 unspecified atom stereocenters. The lowest BCUT2D eigenvalue weighted by Gasteiger charge is -2.24. The van der Waals surface area contributed by atoms with Crippen LogP contribution in [0.2, 0.25) is 0 Å². The van der Waals surface area contributed by atoms with Gasteiger partial charge in [-0.1, -0.05) is 44.2 Å². The minimum atomic E-state index is -4.46. The number of nitrogens with zero attached hydrogens (tertiary/aromatic N) is 2. The van der Waals surface area contributed by atoms with E-state index in [-0.39, 0.29) is 36.5 Å². The number of benzene rings is 2. The summed E-state index contributed by atoms with van der Waals surface area (Å²) in [5.74, 6) is -0.930. The fraction of sp³-hybridized carbons (Fsp3) is 0.308. The molecule has 11 heteroatoms. The lowest BCUT2D eigenvalue weighted by molar-refractivity contribution is -0.137. The number of nitrogens with one attached hydrogen (secondary N) is 2. The van der Waals surface area contributed by atoms with Gasteiger partial charge in [-0.2, -0.15) is 13.2 Å². The monoisotopic (exact) mass is 532 g/mol. The zero-order chi connectivity index (χ0) is 27.0. The maximum atomic E-state index is 12.9. The van der Waals surface area contributed by atoms with Gasteiger partial charge in [0.2, 0.25) is 11.8 Å². The minimum Gasteiger partial charge on any atom is -0.352 e. The number of thiazole rings is 1. The summed E-state index contributed by atoms with van der Waals surface area (Å²) in [6.07, 6.45) is -4.56. The van der Waals surface area contributed by atoms with Gasteiger partial charge >= 0.3 is 6.18 Å². The standard InChI is InChI=1S/C26H27F3N4O3S/c1-17(2)14-33(24(36)19-8-4-3-5-9-19)15-23(35)32-25-31-21(16-37-25)12-22(34)30-13-18-7-6-10-20(11-18)26(27,28)29/h3-11,16-17H,12-15H2,1-2H3,(H,30,34)(H,31,32,35). The maximum Gasteiger partial charge on any atom is 0.416 e. The molecular formula is C26H27F3N4O3S. The van der Waals surface area contributed by atoms with E-state index in [0.29, 0.717) is 23.4 Å². The zero-order valence-electron chi connectivity index (χ0n) is 20.3. The number of halogens is 3. The minimum absolute atomic E-state index is 0.0579. The molecule has 2 N–H and O–H groups in total. The molecule has 0 spiro atoms. The number of carbonyl (C=O) groups excluding carboxylic acids is 3. The van der Waals surface area contributed by atoms with Gasteiger partial charge in [0.25, 0.3) is 5.91 Å². The predicted molar refractivity (Wildman–Crippen MR) is 135 cm³/mol. The number of alkyl halides is 3. The second-order valence-corrected chi connectivity index (χ2v) is 9.65. The van der Waals surface area contributed by atoms with Crippen molar-refractivity contribution >= 4 is 34.2 Å². The number of amides is 3. The van der Waals surface area contributed by atoms with E-state index in [4.69, 9.17) is 0 Å². The summed E-state index contributed by atoms with van der Waals surface area (Å²) in [6, 6.07) is 13.4. The van der Waals surface area contributed by atoms with Crippen molar-refractivity contribution in [2.45, 2.75) is 33.0 Å². The molecule has 0 atom stereocenters. The summed E-state index contributed by atoms with van der Waals surface area (Å²) >= 11 is 1.13. The molecule has 3 rings (SSSR count). The fourth-order valence-electron chi connectivity index (χ4n) is 3.49. The van der Waals surface area contributed by atoms with Gasteiger partial charge in [0.05, 0.1) is 17.7 Å². The second kappa shape index (κ2) is 12.5. The van der Waals surface area contributed by atoms with E-state index >= 15 is 0 Å². The molecule has 2 aromatic carbocycles. The van der Waals surface area contributed by atoms with E-state index in [0.717, 1.165) is 23.5 Å². The smallest absolute Gasteiger partial charge is 0.352 e. The molecule has 0 aliphatic heterocycles. The first-order chi connectivity index (χ1) is 17.5. The van der Waals surface area contributed by atoms with Crippen molar-refractivity contribution in [1.82, 2.24) is 15.2 Å². The topological polar surface area (TPSA) is 91.4 Å². The molecule has 0 radical (unpaired) electrons. The quantitative estimate of drug-likeness (QED) is 0.394. The molecule has 7 nitrogen and oxygen atoms in total. The van der Waals surface area contributed by atoms with E-state index in [1.807, 2.05) is 19.9 Å². The largest absolute Gasteiger partial charge is 0.416 e. The Labute approximate surface area is 216 Å². The molecule has 3 aromatic rings. The molecule has 0 saturated heterocycles. The Kier molecular flexibility index (Phi) is 9.40. The van der Waals surface area contributed by atoms with Crippen molar-refractivity contribution in [3.63, 3.8) is 0 Å². The summed E-state index contributed by atoms with van der Waals surface area (Å²) in [4.78, 5) is 43.5.